The maximum Gasteiger partial charge on any atom is 0.233 e. The van der Waals surface area contributed by atoms with Gasteiger partial charge in [0, 0.05) is 22.3 Å². The van der Waals surface area contributed by atoms with Crippen molar-refractivity contribution in [2.75, 3.05) is 12.4 Å². The SMILES string of the molecule is COc1ccc2c(-c3csc(NC(=O)C4(C)CC5C6=CC4(C=CC=C6)c4ccccc45)n3)cccc2c1. The lowest BCUT2D eigenvalue weighted by Gasteiger charge is -2.55. The average molecular weight is 503 g/mol. The molecule has 1 spiro atoms. The highest BCUT2D eigenvalue weighted by molar-refractivity contribution is 7.14. The predicted molar refractivity (Wildman–Crippen MR) is 150 cm³/mol. The number of carbonyl (C=O) groups excluding carboxylic acids is 1. The average Bonchev–Trinajstić information content (AvgIpc) is 3.32. The van der Waals surface area contributed by atoms with Crippen LogP contribution in [0, 0.1) is 5.41 Å². The highest BCUT2D eigenvalue weighted by atomic mass is 32.1. The third-order valence-corrected chi connectivity index (χ3v) is 9.21. The van der Waals surface area contributed by atoms with Gasteiger partial charge in [-0.3, -0.25) is 4.79 Å². The fraction of sp³-hybridized carbons (Fsp3) is 0.188. The van der Waals surface area contributed by atoms with Crippen molar-refractivity contribution < 1.29 is 9.53 Å². The summed E-state index contributed by atoms with van der Waals surface area (Å²) >= 11 is 1.47. The Morgan fingerprint density at radius 1 is 1.11 bits per heavy atom. The first-order valence-electron chi connectivity index (χ1n) is 12.5. The molecule has 0 radical (unpaired) electrons. The minimum absolute atomic E-state index is 0.0115. The zero-order chi connectivity index (χ0) is 25.2. The minimum atomic E-state index is -0.639. The minimum Gasteiger partial charge on any atom is -0.497 e. The van der Waals surface area contributed by atoms with Crippen LogP contribution in [0.25, 0.3) is 22.0 Å². The number of carbonyl (C=O) groups is 1. The van der Waals surface area contributed by atoms with Crippen molar-refractivity contribution in [1.82, 2.24) is 4.98 Å². The van der Waals surface area contributed by atoms with Crippen LogP contribution >= 0.6 is 11.3 Å². The van der Waals surface area contributed by atoms with Crippen molar-refractivity contribution in [3.05, 3.63) is 113 Å². The summed E-state index contributed by atoms with van der Waals surface area (Å²) in [5.41, 5.74) is 4.64. The van der Waals surface area contributed by atoms with Gasteiger partial charge in [-0.25, -0.2) is 4.98 Å². The summed E-state index contributed by atoms with van der Waals surface area (Å²) in [6.45, 7) is 2.11. The fourth-order valence-corrected chi connectivity index (χ4v) is 7.21. The number of rotatable bonds is 4. The number of ether oxygens (including phenoxy) is 1. The smallest absolute Gasteiger partial charge is 0.233 e. The van der Waals surface area contributed by atoms with E-state index >= 15 is 0 Å². The molecule has 0 saturated carbocycles. The largest absolute Gasteiger partial charge is 0.497 e. The number of hydrogen-bond acceptors (Lipinski definition) is 4. The summed E-state index contributed by atoms with van der Waals surface area (Å²) < 4.78 is 5.39. The van der Waals surface area contributed by atoms with Gasteiger partial charge in [-0.1, -0.05) is 78.9 Å². The van der Waals surface area contributed by atoms with Gasteiger partial charge in [0.1, 0.15) is 5.75 Å². The number of aromatic nitrogens is 1. The second kappa shape index (κ2) is 8.02. The van der Waals surface area contributed by atoms with Crippen LogP contribution in [0.5, 0.6) is 5.75 Å². The topological polar surface area (TPSA) is 51.2 Å². The van der Waals surface area contributed by atoms with E-state index in [1.165, 1.54) is 28.0 Å². The van der Waals surface area contributed by atoms with Crippen LogP contribution in [0.4, 0.5) is 5.13 Å². The third kappa shape index (κ3) is 3.13. The van der Waals surface area contributed by atoms with E-state index in [0.717, 1.165) is 34.2 Å². The first-order chi connectivity index (χ1) is 18.0. The second-order valence-electron chi connectivity index (χ2n) is 10.3. The Morgan fingerprint density at radius 2 is 2.00 bits per heavy atom. The molecule has 1 amide bonds. The molecule has 182 valence electrons. The van der Waals surface area contributed by atoms with Gasteiger partial charge >= 0.3 is 0 Å². The molecule has 1 aromatic heterocycles. The number of benzene rings is 3. The molecule has 4 aromatic rings. The lowest BCUT2D eigenvalue weighted by molar-refractivity contribution is -0.128. The molecule has 1 heterocycles. The number of methoxy groups -OCH3 is 1. The number of hydrogen-bond donors (Lipinski definition) is 1. The van der Waals surface area contributed by atoms with Crippen LogP contribution in [0.3, 0.4) is 0 Å². The molecule has 0 fully saturated rings. The Labute approximate surface area is 220 Å². The summed E-state index contributed by atoms with van der Waals surface area (Å²) in [6.07, 6.45) is 11.7. The molecule has 4 aliphatic rings. The Kier molecular flexibility index (Phi) is 4.82. The zero-order valence-electron chi connectivity index (χ0n) is 20.7. The van der Waals surface area contributed by atoms with Gasteiger partial charge in [-0.15, -0.1) is 11.3 Å². The number of fused-ring (bicyclic) bond motifs is 2. The molecule has 37 heavy (non-hydrogen) atoms. The molecule has 4 aliphatic carbocycles. The van der Waals surface area contributed by atoms with Gasteiger partial charge < -0.3 is 10.1 Å². The van der Waals surface area contributed by atoms with Crippen LogP contribution in [-0.2, 0) is 10.2 Å². The van der Waals surface area contributed by atoms with Crippen molar-refractivity contribution in [2.24, 2.45) is 5.41 Å². The first-order valence-corrected chi connectivity index (χ1v) is 13.4. The van der Waals surface area contributed by atoms with E-state index in [4.69, 9.17) is 9.72 Å². The van der Waals surface area contributed by atoms with Gasteiger partial charge in [0.15, 0.2) is 5.13 Å². The standard InChI is InChI=1S/C32H26N2O2S/c1-31(18-26-21-8-5-6-15-32(31,17-21)27-12-4-3-10-24(26)27)29(35)34-30-33-28(19-37-30)25-11-7-9-20-16-22(36-2)13-14-23(20)25/h3-17,19,26H,18H2,1-2H3,(H,33,34,35). The van der Waals surface area contributed by atoms with E-state index < -0.39 is 10.8 Å². The quantitative estimate of drug-likeness (QED) is 0.316. The number of thiazole rings is 1. The fourth-order valence-electron chi connectivity index (χ4n) is 6.50. The number of allylic oxidation sites excluding steroid dienone is 6. The van der Waals surface area contributed by atoms with E-state index in [9.17, 15) is 4.79 Å². The molecule has 5 heteroatoms. The molecule has 3 unspecified atom stereocenters. The molecule has 8 rings (SSSR count). The van der Waals surface area contributed by atoms with Crippen molar-refractivity contribution in [1.29, 1.82) is 0 Å². The Balaban J connectivity index is 1.24. The molecule has 4 nitrogen and oxygen atoms in total. The lowest BCUT2D eigenvalue weighted by Crippen LogP contribution is -2.55. The summed E-state index contributed by atoms with van der Waals surface area (Å²) in [5.74, 6) is 1.05. The van der Waals surface area contributed by atoms with Gasteiger partial charge in [0.25, 0.3) is 0 Å². The molecule has 3 aromatic carbocycles. The third-order valence-electron chi connectivity index (χ3n) is 8.45. The molecule has 3 atom stereocenters. The van der Waals surface area contributed by atoms with E-state index in [-0.39, 0.29) is 11.8 Å². The highest BCUT2D eigenvalue weighted by Crippen LogP contribution is 2.63. The van der Waals surface area contributed by atoms with Crippen LogP contribution in [0.1, 0.15) is 30.4 Å². The zero-order valence-corrected chi connectivity index (χ0v) is 21.5. The number of anilines is 1. The number of nitrogens with one attached hydrogen (secondary N) is 1. The van der Waals surface area contributed by atoms with E-state index in [2.05, 4.69) is 85.1 Å². The molecule has 0 saturated heterocycles. The van der Waals surface area contributed by atoms with Crippen LogP contribution in [-0.4, -0.2) is 18.0 Å². The molecule has 1 N–H and O–H groups in total. The summed E-state index contributed by atoms with van der Waals surface area (Å²) in [6, 6.07) is 20.8. The molecule has 0 aliphatic heterocycles. The molecular formula is C32H26N2O2S. The van der Waals surface area contributed by atoms with Gasteiger partial charge in [-0.05, 0) is 52.9 Å². The van der Waals surface area contributed by atoms with Crippen molar-refractivity contribution in [3.63, 3.8) is 0 Å². The molecule has 3 bridgehead atoms. The van der Waals surface area contributed by atoms with Crippen LogP contribution in [0.2, 0.25) is 0 Å². The Hall–Kier alpha value is -3.96. The maximum absolute atomic E-state index is 14.1. The van der Waals surface area contributed by atoms with Crippen LogP contribution < -0.4 is 10.1 Å². The second-order valence-corrected chi connectivity index (χ2v) is 11.2. The lowest BCUT2D eigenvalue weighted by atomic mass is 9.47. The Morgan fingerprint density at radius 3 is 2.89 bits per heavy atom. The number of amides is 1. The van der Waals surface area contributed by atoms with E-state index in [0.29, 0.717) is 5.13 Å². The van der Waals surface area contributed by atoms with Gasteiger partial charge in [0.05, 0.1) is 18.2 Å². The predicted octanol–water partition coefficient (Wildman–Crippen LogP) is 7.41. The Bertz CT molecular complexity index is 1680. The van der Waals surface area contributed by atoms with E-state index in [1.54, 1.807) is 7.11 Å². The van der Waals surface area contributed by atoms with Gasteiger partial charge in [0.2, 0.25) is 5.91 Å². The van der Waals surface area contributed by atoms with Crippen molar-refractivity contribution in [3.8, 4) is 17.0 Å². The summed E-state index contributed by atoms with van der Waals surface area (Å²) in [7, 11) is 1.68. The summed E-state index contributed by atoms with van der Waals surface area (Å²) in [5, 5.41) is 8.05. The van der Waals surface area contributed by atoms with E-state index in [1.807, 2.05) is 23.6 Å². The first kappa shape index (κ1) is 22.3. The van der Waals surface area contributed by atoms with Crippen molar-refractivity contribution >= 4 is 33.1 Å². The van der Waals surface area contributed by atoms with Crippen LogP contribution in [0.15, 0.2) is 102 Å². The molecular weight excluding hydrogens is 476 g/mol. The normalized spacial score (nSPS) is 24.9. The monoisotopic (exact) mass is 502 g/mol. The van der Waals surface area contributed by atoms with Gasteiger partial charge in [-0.2, -0.15) is 0 Å². The maximum atomic E-state index is 14.1. The van der Waals surface area contributed by atoms with Crippen molar-refractivity contribution in [2.45, 2.75) is 24.7 Å². The highest BCUT2D eigenvalue weighted by Gasteiger charge is 2.60. The number of nitrogens with zero attached hydrogens (tertiary/aromatic N) is 1. The summed E-state index contributed by atoms with van der Waals surface area (Å²) in [4.78, 5) is 18.9.